The number of thiophene rings is 1. The number of nitrogens with one attached hydrogen (secondary N) is 1. The molecule has 0 saturated heterocycles. The van der Waals surface area contributed by atoms with Gasteiger partial charge in [-0.1, -0.05) is 42.0 Å². The van der Waals surface area contributed by atoms with E-state index in [4.69, 9.17) is 9.72 Å². The maximum atomic E-state index is 13.5. The van der Waals surface area contributed by atoms with Crippen LogP contribution in [-0.4, -0.2) is 23.0 Å². The van der Waals surface area contributed by atoms with Gasteiger partial charge in [-0.25, -0.2) is 9.78 Å². The average molecular weight is 459 g/mol. The van der Waals surface area contributed by atoms with E-state index in [0.29, 0.717) is 16.1 Å². The van der Waals surface area contributed by atoms with Crippen LogP contribution in [-0.2, 0) is 4.74 Å². The van der Waals surface area contributed by atoms with Crippen LogP contribution < -0.4 is 5.32 Å². The SMILES string of the molecule is Cc1cccc(-c2cc(C(=O)Nc3sc(C)c(C)c3C(=O)OC(C)C)c3ccccc3n2)c1. The molecule has 33 heavy (non-hydrogen) atoms. The number of rotatable bonds is 5. The van der Waals surface area contributed by atoms with E-state index >= 15 is 0 Å². The summed E-state index contributed by atoms with van der Waals surface area (Å²) >= 11 is 1.38. The van der Waals surface area contributed by atoms with Crippen LogP contribution in [0.15, 0.2) is 54.6 Å². The van der Waals surface area contributed by atoms with Gasteiger partial charge in [0.05, 0.1) is 28.4 Å². The highest BCUT2D eigenvalue weighted by Crippen LogP contribution is 2.34. The standard InChI is InChI=1S/C27H26N2O3S/c1-15(2)32-27(31)24-17(4)18(5)33-26(24)29-25(30)21-14-23(19-10-8-9-16(3)13-19)28-22-12-7-6-11-20(21)22/h6-15H,1-5H3,(H,29,30). The molecule has 0 unspecified atom stereocenters. The molecule has 0 aliphatic heterocycles. The van der Waals surface area contributed by atoms with Gasteiger partial charge in [-0.3, -0.25) is 4.79 Å². The van der Waals surface area contributed by atoms with Gasteiger partial charge in [-0.2, -0.15) is 0 Å². The number of amides is 1. The number of nitrogens with zero attached hydrogens (tertiary/aromatic N) is 1. The first-order valence-electron chi connectivity index (χ1n) is 10.8. The second kappa shape index (κ2) is 9.16. The van der Waals surface area contributed by atoms with Gasteiger partial charge >= 0.3 is 5.97 Å². The monoisotopic (exact) mass is 458 g/mol. The zero-order valence-electron chi connectivity index (χ0n) is 19.4. The first-order chi connectivity index (χ1) is 15.7. The van der Waals surface area contributed by atoms with E-state index in [1.54, 1.807) is 13.8 Å². The largest absolute Gasteiger partial charge is 0.459 e. The molecule has 4 rings (SSSR count). The number of pyridine rings is 1. The van der Waals surface area contributed by atoms with Crippen molar-refractivity contribution in [3.63, 3.8) is 0 Å². The van der Waals surface area contributed by atoms with Crippen molar-refractivity contribution < 1.29 is 14.3 Å². The molecule has 168 valence electrons. The Morgan fingerprint density at radius 3 is 2.48 bits per heavy atom. The molecule has 0 bridgehead atoms. The van der Waals surface area contributed by atoms with Crippen LogP contribution in [0.25, 0.3) is 22.2 Å². The molecular weight excluding hydrogens is 432 g/mol. The zero-order valence-corrected chi connectivity index (χ0v) is 20.2. The van der Waals surface area contributed by atoms with Crippen molar-refractivity contribution in [2.45, 2.75) is 40.7 Å². The summed E-state index contributed by atoms with van der Waals surface area (Å²) < 4.78 is 5.42. The minimum atomic E-state index is -0.429. The Morgan fingerprint density at radius 2 is 1.76 bits per heavy atom. The molecule has 1 amide bonds. The molecule has 0 radical (unpaired) electrons. The number of para-hydroxylation sites is 1. The fraction of sp³-hybridized carbons (Fsp3) is 0.222. The highest BCUT2D eigenvalue weighted by Gasteiger charge is 2.24. The summed E-state index contributed by atoms with van der Waals surface area (Å²) in [7, 11) is 0. The minimum absolute atomic E-state index is 0.248. The maximum absolute atomic E-state index is 13.5. The Morgan fingerprint density at radius 1 is 1.00 bits per heavy atom. The summed E-state index contributed by atoms with van der Waals surface area (Å²) in [5.41, 5.74) is 5.26. The molecule has 0 atom stereocenters. The van der Waals surface area contributed by atoms with Crippen molar-refractivity contribution in [3.8, 4) is 11.3 Å². The fourth-order valence-electron chi connectivity index (χ4n) is 3.72. The Hall–Kier alpha value is -3.51. The summed E-state index contributed by atoms with van der Waals surface area (Å²) in [6.45, 7) is 9.44. The summed E-state index contributed by atoms with van der Waals surface area (Å²) in [4.78, 5) is 32.0. The van der Waals surface area contributed by atoms with E-state index in [2.05, 4.69) is 5.32 Å². The number of esters is 1. The summed E-state index contributed by atoms with van der Waals surface area (Å²) in [6, 6.07) is 17.4. The normalized spacial score (nSPS) is 11.1. The second-order valence-corrected chi connectivity index (χ2v) is 9.56. The highest BCUT2D eigenvalue weighted by molar-refractivity contribution is 7.16. The van der Waals surface area contributed by atoms with Crippen molar-refractivity contribution in [1.82, 2.24) is 4.98 Å². The first kappa shape index (κ1) is 22.7. The van der Waals surface area contributed by atoms with Crippen molar-refractivity contribution >= 4 is 39.1 Å². The minimum Gasteiger partial charge on any atom is -0.459 e. The first-order valence-corrected chi connectivity index (χ1v) is 11.7. The maximum Gasteiger partial charge on any atom is 0.341 e. The van der Waals surface area contributed by atoms with Gasteiger partial charge in [0.2, 0.25) is 0 Å². The Kier molecular flexibility index (Phi) is 6.29. The lowest BCUT2D eigenvalue weighted by molar-refractivity contribution is 0.0379. The van der Waals surface area contributed by atoms with E-state index < -0.39 is 5.97 Å². The Bertz CT molecular complexity index is 1370. The van der Waals surface area contributed by atoms with Crippen molar-refractivity contribution in [3.05, 3.63) is 81.7 Å². The van der Waals surface area contributed by atoms with Crippen molar-refractivity contribution in [2.24, 2.45) is 0 Å². The molecule has 0 aliphatic carbocycles. The zero-order chi connectivity index (χ0) is 23.7. The number of aromatic nitrogens is 1. The molecule has 6 heteroatoms. The molecule has 1 N–H and O–H groups in total. The van der Waals surface area contributed by atoms with Gasteiger partial charge < -0.3 is 10.1 Å². The summed E-state index contributed by atoms with van der Waals surface area (Å²) in [5, 5.41) is 4.23. The van der Waals surface area contributed by atoms with E-state index in [1.165, 1.54) is 11.3 Å². The molecule has 4 aromatic rings. The third-order valence-corrected chi connectivity index (χ3v) is 6.56. The van der Waals surface area contributed by atoms with Crippen LogP contribution in [0.1, 0.15) is 50.6 Å². The van der Waals surface area contributed by atoms with Crippen molar-refractivity contribution in [1.29, 1.82) is 0 Å². The quantitative estimate of drug-likeness (QED) is 0.338. The number of fused-ring (bicyclic) bond motifs is 1. The predicted octanol–water partition coefficient (Wildman–Crippen LogP) is 6.71. The van der Waals surface area contributed by atoms with Crippen LogP contribution in [0.5, 0.6) is 0 Å². The third-order valence-electron chi connectivity index (χ3n) is 5.43. The fourth-order valence-corrected chi connectivity index (χ4v) is 4.76. The number of benzene rings is 2. The van der Waals surface area contributed by atoms with Gasteiger partial charge in [0.15, 0.2) is 0 Å². The molecular formula is C27H26N2O3S. The summed E-state index contributed by atoms with van der Waals surface area (Å²) in [5.74, 6) is -0.718. The van der Waals surface area contributed by atoms with Crippen LogP contribution in [0.4, 0.5) is 5.00 Å². The lowest BCUT2D eigenvalue weighted by Crippen LogP contribution is -2.17. The van der Waals surface area contributed by atoms with Gasteiger partial charge in [0.1, 0.15) is 5.00 Å². The molecule has 2 aromatic heterocycles. The molecule has 0 fully saturated rings. The van der Waals surface area contributed by atoms with Crippen LogP contribution in [0.2, 0.25) is 0 Å². The Balaban J connectivity index is 1.78. The van der Waals surface area contributed by atoms with Gasteiger partial charge in [0, 0.05) is 15.8 Å². The van der Waals surface area contributed by atoms with Gasteiger partial charge in [0.25, 0.3) is 5.91 Å². The molecule has 2 aromatic carbocycles. The van der Waals surface area contributed by atoms with Crippen LogP contribution in [0.3, 0.4) is 0 Å². The third kappa shape index (κ3) is 4.66. The van der Waals surface area contributed by atoms with E-state index in [-0.39, 0.29) is 12.0 Å². The number of ether oxygens (including phenoxy) is 1. The molecule has 5 nitrogen and oxygen atoms in total. The van der Waals surface area contributed by atoms with E-state index in [1.807, 2.05) is 75.4 Å². The number of carbonyl (C=O) groups is 2. The number of hydrogen-bond donors (Lipinski definition) is 1. The smallest absolute Gasteiger partial charge is 0.341 e. The molecule has 2 heterocycles. The Labute approximate surface area is 197 Å². The lowest BCUT2D eigenvalue weighted by atomic mass is 10.0. The molecule has 0 aliphatic rings. The second-order valence-electron chi connectivity index (χ2n) is 8.34. The number of carbonyl (C=O) groups excluding carboxylic acids is 2. The highest BCUT2D eigenvalue weighted by atomic mass is 32.1. The van der Waals surface area contributed by atoms with Gasteiger partial charge in [-0.05, 0) is 58.4 Å². The summed E-state index contributed by atoms with van der Waals surface area (Å²) in [6.07, 6.45) is -0.248. The van der Waals surface area contributed by atoms with Gasteiger partial charge in [-0.15, -0.1) is 11.3 Å². The topological polar surface area (TPSA) is 68.3 Å². The number of hydrogen-bond acceptors (Lipinski definition) is 5. The van der Waals surface area contributed by atoms with Crippen molar-refractivity contribution in [2.75, 3.05) is 5.32 Å². The predicted molar refractivity (Wildman–Crippen MR) is 134 cm³/mol. The number of aryl methyl sites for hydroxylation is 2. The number of anilines is 1. The lowest BCUT2D eigenvalue weighted by Gasteiger charge is -2.12. The molecule has 0 spiro atoms. The molecule has 0 saturated carbocycles. The van der Waals surface area contributed by atoms with E-state index in [9.17, 15) is 9.59 Å². The van der Waals surface area contributed by atoms with Crippen LogP contribution in [0, 0.1) is 20.8 Å². The average Bonchev–Trinajstić information content (AvgIpc) is 3.05. The van der Waals surface area contributed by atoms with E-state index in [0.717, 1.165) is 38.2 Å². The van der Waals surface area contributed by atoms with Crippen LogP contribution >= 0.6 is 11.3 Å².